The number of anilines is 1. The number of benzene rings is 7. The normalized spacial score (nSPS) is 13.6. The van der Waals surface area contributed by atoms with Gasteiger partial charge in [-0.25, -0.2) is 0 Å². The summed E-state index contributed by atoms with van der Waals surface area (Å²) in [7, 11) is 0. The first-order chi connectivity index (χ1) is 18.1. The molecule has 2 N–H and O–H groups in total. The highest BCUT2D eigenvalue weighted by Gasteiger charge is 2.31. The molecule has 7 aromatic rings. The number of rotatable bonds is 0. The third-order valence-corrected chi connectivity index (χ3v) is 8.46. The molecule has 9 rings (SSSR count). The molecule has 3 heteroatoms. The molecule has 0 aliphatic heterocycles. The average Bonchev–Trinajstić information content (AvgIpc) is 2.94. The fraction of sp³-hybridized carbons (Fsp3) is 0. The third kappa shape index (κ3) is 2.07. The lowest BCUT2D eigenvalue weighted by Gasteiger charge is -2.26. The first kappa shape index (κ1) is 19.2. The van der Waals surface area contributed by atoms with Crippen LogP contribution < -0.4 is 5.73 Å². The minimum atomic E-state index is 0.0109. The van der Waals surface area contributed by atoms with E-state index in [9.17, 15) is 9.59 Å². The molecule has 2 aliphatic rings. The Hall–Kier alpha value is -5.02. The lowest BCUT2D eigenvalue weighted by atomic mass is 9.76. The number of carbonyl (C=O) groups excluding carboxylic acids is 2. The second-order valence-electron chi connectivity index (χ2n) is 10.1. The number of carbonyl (C=O) groups is 2. The van der Waals surface area contributed by atoms with Crippen LogP contribution in [0.3, 0.4) is 0 Å². The Morgan fingerprint density at radius 1 is 0.378 bits per heavy atom. The van der Waals surface area contributed by atoms with Crippen molar-refractivity contribution in [3.05, 3.63) is 113 Å². The van der Waals surface area contributed by atoms with Crippen molar-refractivity contribution in [1.29, 1.82) is 0 Å². The van der Waals surface area contributed by atoms with Crippen molar-refractivity contribution in [2.45, 2.75) is 0 Å². The van der Waals surface area contributed by atoms with E-state index in [1.807, 2.05) is 54.6 Å². The van der Waals surface area contributed by atoms with Gasteiger partial charge < -0.3 is 5.73 Å². The van der Waals surface area contributed by atoms with E-state index in [0.29, 0.717) is 16.8 Å². The van der Waals surface area contributed by atoms with Crippen molar-refractivity contribution in [3.8, 4) is 22.3 Å². The topological polar surface area (TPSA) is 60.2 Å². The molecule has 7 aromatic carbocycles. The van der Waals surface area contributed by atoms with E-state index < -0.39 is 0 Å². The van der Waals surface area contributed by atoms with E-state index in [4.69, 9.17) is 5.73 Å². The summed E-state index contributed by atoms with van der Waals surface area (Å²) < 4.78 is 0. The van der Waals surface area contributed by atoms with Crippen LogP contribution in [0.2, 0.25) is 0 Å². The Morgan fingerprint density at radius 3 is 1.51 bits per heavy atom. The number of nitrogens with two attached hydrogens (primary N) is 1. The Morgan fingerprint density at radius 2 is 0.865 bits per heavy atom. The number of hydrogen-bond donors (Lipinski definition) is 1. The molecule has 0 bridgehead atoms. The summed E-state index contributed by atoms with van der Waals surface area (Å²) in [5.74, 6) is 0.0808. The molecule has 37 heavy (non-hydrogen) atoms. The molecule has 0 fully saturated rings. The van der Waals surface area contributed by atoms with Crippen molar-refractivity contribution in [2.24, 2.45) is 0 Å². The van der Waals surface area contributed by atoms with Crippen LogP contribution >= 0.6 is 0 Å². The van der Waals surface area contributed by atoms with Crippen LogP contribution in [0.15, 0.2) is 91.0 Å². The predicted molar refractivity (Wildman–Crippen MR) is 150 cm³/mol. The van der Waals surface area contributed by atoms with Gasteiger partial charge >= 0.3 is 0 Å². The minimum absolute atomic E-state index is 0.0109. The standard InChI is InChI=1S/C34H17NO2/c35-27-7-3-6-24-28(27)23-13-10-19-18-9-8-17-16-4-1-2-5-22(16)33(36)25-14-11-20(29(18)31(17)25)21-12-15-26(34(24)37)32(23)30(19)21/h1-15H,35H2. The summed E-state index contributed by atoms with van der Waals surface area (Å²) >= 11 is 0. The second kappa shape index (κ2) is 6.21. The molecule has 0 heterocycles. The minimum Gasteiger partial charge on any atom is -0.398 e. The maximum atomic E-state index is 13.6. The van der Waals surface area contributed by atoms with Gasteiger partial charge in [-0.05, 0) is 67.2 Å². The van der Waals surface area contributed by atoms with E-state index >= 15 is 0 Å². The van der Waals surface area contributed by atoms with Gasteiger partial charge in [0.05, 0.1) is 0 Å². The molecule has 0 radical (unpaired) electrons. The van der Waals surface area contributed by atoms with Crippen molar-refractivity contribution in [2.75, 3.05) is 5.73 Å². The Balaban J connectivity index is 1.53. The summed E-state index contributed by atoms with van der Waals surface area (Å²) in [6.07, 6.45) is 0. The van der Waals surface area contributed by atoms with Crippen LogP contribution in [0, 0.1) is 0 Å². The molecule has 2 aliphatic carbocycles. The Kier molecular flexibility index (Phi) is 3.22. The molecule has 0 saturated carbocycles. The quantitative estimate of drug-likeness (QED) is 0.140. The highest BCUT2D eigenvalue weighted by atomic mass is 16.1. The molecule has 0 unspecified atom stereocenters. The molecule has 3 nitrogen and oxygen atoms in total. The van der Waals surface area contributed by atoms with Crippen LogP contribution in [0.1, 0.15) is 31.8 Å². The van der Waals surface area contributed by atoms with E-state index in [2.05, 4.69) is 36.4 Å². The van der Waals surface area contributed by atoms with E-state index in [1.54, 1.807) is 0 Å². The smallest absolute Gasteiger partial charge is 0.194 e. The highest BCUT2D eigenvalue weighted by Crippen LogP contribution is 2.51. The van der Waals surface area contributed by atoms with Gasteiger partial charge in [0.15, 0.2) is 11.6 Å². The van der Waals surface area contributed by atoms with Crippen LogP contribution in [0.5, 0.6) is 0 Å². The highest BCUT2D eigenvalue weighted by molar-refractivity contribution is 6.41. The Bertz CT molecular complexity index is 2220. The number of nitrogen functional groups attached to an aromatic ring is 1. The van der Waals surface area contributed by atoms with E-state index in [-0.39, 0.29) is 11.6 Å². The van der Waals surface area contributed by atoms with E-state index in [0.717, 1.165) is 76.5 Å². The van der Waals surface area contributed by atoms with E-state index in [1.165, 1.54) is 0 Å². The average molecular weight is 472 g/mol. The predicted octanol–water partition coefficient (Wildman–Crippen LogP) is 7.74. The van der Waals surface area contributed by atoms with Gasteiger partial charge in [-0.3, -0.25) is 9.59 Å². The molecular formula is C34H17NO2. The summed E-state index contributed by atoms with van der Waals surface area (Å²) in [6.45, 7) is 0. The van der Waals surface area contributed by atoms with Gasteiger partial charge in [0.25, 0.3) is 0 Å². The van der Waals surface area contributed by atoms with Gasteiger partial charge in [0.2, 0.25) is 0 Å². The lowest BCUT2D eigenvalue weighted by molar-refractivity contribution is 0.103. The maximum absolute atomic E-state index is 13.6. The first-order valence-electron chi connectivity index (χ1n) is 12.4. The summed E-state index contributed by atoms with van der Waals surface area (Å²) in [5.41, 5.74) is 13.8. The molecular weight excluding hydrogens is 454 g/mol. The summed E-state index contributed by atoms with van der Waals surface area (Å²) in [5, 5.41) is 8.53. The third-order valence-electron chi connectivity index (χ3n) is 8.46. The van der Waals surface area contributed by atoms with Gasteiger partial charge in [0, 0.05) is 44.3 Å². The van der Waals surface area contributed by atoms with Gasteiger partial charge in [-0.2, -0.15) is 0 Å². The summed E-state index contributed by atoms with van der Waals surface area (Å²) in [4.78, 5) is 27.1. The fourth-order valence-corrected chi connectivity index (χ4v) is 6.97. The molecule has 0 saturated heterocycles. The second-order valence-corrected chi connectivity index (χ2v) is 10.1. The van der Waals surface area contributed by atoms with Gasteiger partial charge in [-0.1, -0.05) is 72.8 Å². The zero-order valence-corrected chi connectivity index (χ0v) is 19.6. The number of hydrogen-bond acceptors (Lipinski definition) is 3. The zero-order chi connectivity index (χ0) is 24.6. The van der Waals surface area contributed by atoms with Crippen LogP contribution in [0.25, 0.3) is 65.3 Å². The lowest BCUT2D eigenvalue weighted by Crippen LogP contribution is -2.12. The monoisotopic (exact) mass is 471 g/mol. The fourth-order valence-electron chi connectivity index (χ4n) is 6.97. The number of fused-ring (bicyclic) bond motifs is 6. The van der Waals surface area contributed by atoms with Crippen LogP contribution in [0.4, 0.5) is 5.69 Å². The van der Waals surface area contributed by atoms with Crippen molar-refractivity contribution < 1.29 is 9.59 Å². The molecule has 170 valence electrons. The first-order valence-corrected chi connectivity index (χ1v) is 12.4. The van der Waals surface area contributed by atoms with Crippen LogP contribution in [-0.2, 0) is 0 Å². The Labute approximate surface area is 211 Å². The van der Waals surface area contributed by atoms with Gasteiger partial charge in [0.1, 0.15) is 0 Å². The molecule has 0 amide bonds. The SMILES string of the molecule is Nc1cccc2c1-c1ccc3c4ccc5c6c(ccc(c7ccc(c1c73)C2=O)c64)C(=O)c1ccccc1-5. The molecule has 0 spiro atoms. The largest absolute Gasteiger partial charge is 0.398 e. The van der Waals surface area contributed by atoms with Crippen LogP contribution in [-0.4, -0.2) is 11.6 Å². The summed E-state index contributed by atoms with van der Waals surface area (Å²) in [6, 6.07) is 30.1. The van der Waals surface area contributed by atoms with Crippen molar-refractivity contribution in [3.63, 3.8) is 0 Å². The van der Waals surface area contributed by atoms with Gasteiger partial charge in [-0.15, -0.1) is 0 Å². The maximum Gasteiger partial charge on any atom is 0.194 e. The molecule has 0 aromatic heterocycles. The zero-order valence-electron chi connectivity index (χ0n) is 19.6. The number of ketones is 2. The van der Waals surface area contributed by atoms with Crippen molar-refractivity contribution >= 4 is 60.3 Å². The van der Waals surface area contributed by atoms with Crippen molar-refractivity contribution in [1.82, 2.24) is 0 Å². The molecule has 0 atom stereocenters.